The van der Waals surface area contributed by atoms with E-state index < -0.39 is 206 Å². The van der Waals surface area contributed by atoms with Crippen LogP contribution in [0.4, 0.5) is 0 Å². The van der Waals surface area contributed by atoms with Crippen LogP contribution in [0.15, 0.2) is 48.5 Å². The molecular formula is C66H102N16O21. The molecule has 0 saturated heterocycles. The first-order valence-electron chi connectivity index (χ1n) is 33.7. The third kappa shape index (κ3) is 34.6. The molecule has 0 aliphatic heterocycles. The summed E-state index contributed by atoms with van der Waals surface area (Å²) in [6.07, 6.45) is -2.24. The number of hydrogen-bond acceptors (Lipinski definition) is 21. The van der Waals surface area contributed by atoms with Gasteiger partial charge in [0, 0.05) is 25.7 Å². The number of aliphatic carboxylic acids is 3. The summed E-state index contributed by atoms with van der Waals surface area (Å²) in [4.78, 5) is 212. The molecule has 0 aromatic heterocycles. The summed E-state index contributed by atoms with van der Waals surface area (Å²) in [5, 5.41) is 77.4. The number of carboxylic acid groups (broad SMARTS) is 3. The third-order valence-corrected chi connectivity index (χ3v) is 16.0. The first-order chi connectivity index (χ1) is 48.5. The number of unbranched alkanes of at least 4 members (excludes halogenated alkanes) is 2. The number of amides is 13. The number of hydrogen-bond donors (Lipinski definition) is 21. The zero-order valence-electron chi connectivity index (χ0n) is 58.6. The van der Waals surface area contributed by atoms with Crippen molar-refractivity contribution in [3.63, 3.8) is 0 Å². The van der Waals surface area contributed by atoms with Gasteiger partial charge in [0.05, 0.1) is 19.0 Å². The van der Waals surface area contributed by atoms with E-state index in [1.54, 1.807) is 27.7 Å². The molecule has 0 fully saturated rings. The highest BCUT2D eigenvalue weighted by atomic mass is 16.4. The zero-order valence-corrected chi connectivity index (χ0v) is 58.6. The van der Waals surface area contributed by atoms with E-state index in [1.165, 1.54) is 62.4 Å². The lowest BCUT2D eigenvalue weighted by Gasteiger charge is -2.28. The molecule has 572 valence electrons. The van der Waals surface area contributed by atoms with E-state index in [9.17, 15) is 92.0 Å². The van der Waals surface area contributed by atoms with Crippen LogP contribution in [0.2, 0.25) is 0 Å². The summed E-state index contributed by atoms with van der Waals surface area (Å²) in [7, 11) is 0. The van der Waals surface area contributed by atoms with Crippen LogP contribution in [0.3, 0.4) is 0 Å². The lowest BCUT2D eigenvalue weighted by Crippen LogP contribution is -2.60. The van der Waals surface area contributed by atoms with Gasteiger partial charge >= 0.3 is 17.9 Å². The molecule has 0 aliphatic carbocycles. The van der Waals surface area contributed by atoms with Crippen LogP contribution in [0, 0.1) is 11.8 Å². The van der Waals surface area contributed by atoms with Crippen LogP contribution in [0.1, 0.15) is 136 Å². The smallest absolute Gasteiger partial charge is 0.322 e. The van der Waals surface area contributed by atoms with Gasteiger partial charge in [-0.2, -0.15) is 0 Å². The van der Waals surface area contributed by atoms with E-state index in [-0.39, 0.29) is 81.9 Å². The average molecular weight is 1460 g/mol. The third-order valence-electron chi connectivity index (χ3n) is 16.0. The number of nitrogens with one attached hydrogen (secondary N) is 12. The van der Waals surface area contributed by atoms with Gasteiger partial charge in [0.2, 0.25) is 76.8 Å². The Morgan fingerprint density at radius 2 is 0.796 bits per heavy atom. The van der Waals surface area contributed by atoms with E-state index in [0.29, 0.717) is 30.4 Å². The molecular weight excluding hydrogens is 1350 g/mol. The Kier molecular flexibility index (Phi) is 39.6. The normalized spacial score (nSPS) is 14.5. The Bertz CT molecular complexity index is 3230. The predicted octanol–water partition coefficient (Wildman–Crippen LogP) is -4.63. The molecule has 0 bridgehead atoms. The second-order valence-corrected chi connectivity index (χ2v) is 25.2. The van der Waals surface area contributed by atoms with Crippen molar-refractivity contribution in [3.8, 4) is 11.5 Å². The molecule has 37 nitrogen and oxygen atoms in total. The number of rotatable bonds is 49. The summed E-state index contributed by atoms with van der Waals surface area (Å²) in [5.74, 6) is -17.7. The minimum Gasteiger partial charge on any atom is -0.508 e. The molecule has 0 heterocycles. The molecule has 0 aliphatic rings. The number of phenolic OH excluding ortho intramolecular Hbond substituents is 2. The number of nitrogens with two attached hydrogens (primary N) is 4. The number of phenols is 2. The standard InChI is InChI=1S/C66H102N16O21/c1-7-35(4)55(82-58(95)42(69)31-53(89)90)66(103)74-36(5)56(93)73-37(6)57(94)76-43(12-8-10-26-67)62(99)81-49(30-39-16-20-41(84)21-17-39)65(102)77-44(13-9-11-27-68)61(98)79-46(23-25-52(87)88)63(100)80-47(28-34(2)3)60(97)71-32-51(86)75-48(29-38-14-18-40(83)19-15-38)64(101)78-45(22-24-50(70)85)59(96)72-33-54(91)92/h14-21,34-37,42-49,55,83-84H,7-13,22-33,67-69H2,1-6H3,(H2,70,85)(H,71,97)(H,72,96)(H,73,93)(H,74,103)(H,75,86)(H,76,94)(H,77,102)(H,78,101)(H,79,98)(H,80,100)(H,81,99)(H,82,95)(H,87,88)(H,89,90)(H,91,92)/t35-,36-,37-,42-,43-,44-,45-,46-,47-,48-,49-,55-/m0/s1. The van der Waals surface area contributed by atoms with Crippen LogP contribution in [-0.4, -0.2) is 213 Å². The summed E-state index contributed by atoms with van der Waals surface area (Å²) in [6.45, 7) is 7.90. The number of aromatic hydroxyl groups is 2. The molecule has 2 rings (SSSR count). The summed E-state index contributed by atoms with van der Waals surface area (Å²) in [5.41, 5.74) is 23.3. The maximum atomic E-state index is 14.7. The van der Waals surface area contributed by atoms with Crippen LogP contribution in [-0.2, 0) is 89.6 Å². The largest absolute Gasteiger partial charge is 0.508 e. The van der Waals surface area contributed by atoms with Gasteiger partial charge in [-0.3, -0.25) is 76.7 Å². The molecule has 0 saturated carbocycles. The first kappa shape index (κ1) is 88.5. The molecule has 12 atom stereocenters. The van der Waals surface area contributed by atoms with E-state index in [0.717, 1.165) is 0 Å². The molecule has 0 unspecified atom stereocenters. The Morgan fingerprint density at radius 1 is 0.408 bits per heavy atom. The fourth-order valence-corrected chi connectivity index (χ4v) is 9.97. The fraction of sp³-hybridized carbons (Fsp3) is 0.576. The molecule has 37 heteroatoms. The van der Waals surface area contributed by atoms with E-state index in [4.69, 9.17) is 33.1 Å². The molecule has 0 radical (unpaired) electrons. The van der Waals surface area contributed by atoms with Gasteiger partial charge < -0.3 is 112 Å². The highest BCUT2D eigenvalue weighted by molar-refractivity contribution is 5.99. The van der Waals surface area contributed by atoms with E-state index in [2.05, 4.69) is 63.8 Å². The van der Waals surface area contributed by atoms with Crippen molar-refractivity contribution >= 4 is 94.7 Å². The van der Waals surface area contributed by atoms with Crippen molar-refractivity contribution in [3.05, 3.63) is 59.7 Å². The highest BCUT2D eigenvalue weighted by Crippen LogP contribution is 2.17. The number of carboxylic acids is 3. The van der Waals surface area contributed by atoms with Gasteiger partial charge in [-0.25, -0.2) is 0 Å². The van der Waals surface area contributed by atoms with Gasteiger partial charge in [0.1, 0.15) is 78.5 Å². The van der Waals surface area contributed by atoms with Crippen LogP contribution < -0.4 is 86.7 Å². The molecule has 25 N–H and O–H groups in total. The lowest BCUT2D eigenvalue weighted by molar-refractivity contribution is -0.140. The second-order valence-electron chi connectivity index (χ2n) is 25.2. The van der Waals surface area contributed by atoms with Crippen molar-refractivity contribution in [2.24, 2.45) is 34.8 Å². The topological polar surface area (TPSA) is 623 Å². The minimum atomic E-state index is -1.72. The molecule has 2 aromatic rings. The first-order valence-corrected chi connectivity index (χ1v) is 33.7. The van der Waals surface area contributed by atoms with Crippen molar-refractivity contribution < 1.29 is 102 Å². The van der Waals surface area contributed by atoms with Crippen molar-refractivity contribution in [1.82, 2.24) is 63.8 Å². The maximum absolute atomic E-state index is 14.7. The second kappa shape index (κ2) is 46.1. The van der Waals surface area contributed by atoms with Crippen LogP contribution >= 0.6 is 0 Å². The van der Waals surface area contributed by atoms with Gasteiger partial charge in [0.15, 0.2) is 0 Å². The average Bonchev–Trinajstić information content (AvgIpc) is 0.869. The minimum absolute atomic E-state index is 0.0656. The molecule has 2 aromatic carbocycles. The maximum Gasteiger partial charge on any atom is 0.322 e. The summed E-state index contributed by atoms with van der Waals surface area (Å²) in [6, 6.07) is -5.30. The van der Waals surface area contributed by atoms with Gasteiger partial charge in [-0.05, 0) is 132 Å². The van der Waals surface area contributed by atoms with Crippen molar-refractivity contribution in [1.29, 1.82) is 0 Å². The van der Waals surface area contributed by atoms with E-state index >= 15 is 0 Å². The molecule has 103 heavy (non-hydrogen) atoms. The highest BCUT2D eigenvalue weighted by Gasteiger charge is 2.36. The number of benzene rings is 2. The number of carbonyl (C=O) groups is 16. The van der Waals surface area contributed by atoms with Gasteiger partial charge in [-0.1, -0.05) is 58.4 Å². The van der Waals surface area contributed by atoms with Crippen molar-refractivity contribution in [2.75, 3.05) is 26.2 Å². The lowest BCUT2D eigenvalue weighted by atomic mass is 9.97. The fourth-order valence-electron chi connectivity index (χ4n) is 9.97. The summed E-state index contributed by atoms with van der Waals surface area (Å²) >= 11 is 0. The SMILES string of the molecule is CC[C@H](C)[C@H](NC(=O)[C@@H](N)CC(=O)O)C(=O)N[C@@H](C)C(=O)N[C@@H](C)C(=O)N[C@@H](CCCCN)C(=O)N[C@@H](Cc1ccc(O)cc1)C(=O)N[C@@H](CCCCN)C(=O)N[C@@H](CCC(=O)O)C(=O)N[C@@H](CC(C)C)C(=O)NCC(=O)N[C@@H](Cc1ccc(O)cc1)C(=O)N[C@@H](CCC(N)=O)C(=O)NCC(=O)O. The van der Waals surface area contributed by atoms with Gasteiger partial charge in [-0.15, -0.1) is 0 Å². The van der Waals surface area contributed by atoms with Crippen LogP contribution in [0.5, 0.6) is 11.5 Å². The number of primary amides is 1. The summed E-state index contributed by atoms with van der Waals surface area (Å²) < 4.78 is 0. The Balaban J connectivity index is 2.47. The Hall–Kier alpha value is -10.6. The Morgan fingerprint density at radius 3 is 1.23 bits per heavy atom. The molecule has 13 amide bonds. The van der Waals surface area contributed by atoms with Gasteiger partial charge in [0.25, 0.3) is 0 Å². The number of carbonyl (C=O) groups excluding carboxylic acids is 13. The van der Waals surface area contributed by atoms with Crippen LogP contribution in [0.25, 0.3) is 0 Å². The monoisotopic (exact) mass is 1450 g/mol. The predicted molar refractivity (Wildman–Crippen MR) is 368 cm³/mol. The Labute approximate surface area is 595 Å². The van der Waals surface area contributed by atoms with E-state index in [1.807, 2.05) is 0 Å². The quantitative estimate of drug-likeness (QED) is 0.0277. The van der Waals surface area contributed by atoms with Crippen molar-refractivity contribution in [2.45, 2.75) is 204 Å². The zero-order chi connectivity index (χ0) is 77.6. The molecule has 0 spiro atoms.